The Hall–Kier alpha value is -1.77. The SMILES string of the molecule is O=C(NCCCc1ccccc1)N1CCC(=C2CC2)CC1. The van der Waals surface area contributed by atoms with Crippen LogP contribution in [0.15, 0.2) is 41.5 Å². The van der Waals surface area contributed by atoms with Crippen LogP contribution in [-0.2, 0) is 6.42 Å². The maximum Gasteiger partial charge on any atom is 0.317 e. The second-order valence-corrected chi connectivity index (χ2v) is 6.02. The minimum atomic E-state index is 0.114. The number of hydrogen-bond acceptors (Lipinski definition) is 1. The molecule has 1 saturated carbocycles. The minimum Gasteiger partial charge on any atom is -0.338 e. The van der Waals surface area contributed by atoms with Gasteiger partial charge in [-0.2, -0.15) is 0 Å². The molecule has 2 fully saturated rings. The molecule has 112 valence electrons. The summed E-state index contributed by atoms with van der Waals surface area (Å²) in [5.41, 5.74) is 4.63. The average Bonchev–Trinajstić information content (AvgIpc) is 3.37. The number of carbonyl (C=O) groups excluding carboxylic acids is 1. The van der Waals surface area contributed by atoms with E-state index in [1.807, 2.05) is 11.0 Å². The van der Waals surface area contributed by atoms with Crippen molar-refractivity contribution in [2.75, 3.05) is 19.6 Å². The van der Waals surface area contributed by atoms with Crippen LogP contribution < -0.4 is 5.32 Å². The summed E-state index contributed by atoms with van der Waals surface area (Å²) in [4.78, 5) is 14.1. The van der Waals surface area contributed by atoms with E-state index in [0.29, 0.717) is 0 Å². The quantitative estimate of drug-likeness (QED) is 0.666. The molecule has 2 aliphatic rings. The summed E-state index contributed by atoms with van der Waals surface area (Å²) >= 11 is 0. The van der Waals surface area contributed by atoms with Crippen molar-refractivity contribution in [2.24, 2.45) is 0 Å². The summed E-state index contributed by atoms with van der Waals surface area (Å²) in [6, 6.07) is 10.6. The highest BCUT2D eigenvalue weighted by Crippen LogP contribution is 2.35. The van der Waals surface area contributed by atoms with Crippen molar-refractivity contribution in [1.82, 2.24) is 10.2 Å². The lowest BCUT2D eigenvalue weighted by Gasteiger charge is -2.28. The number of nitrogens with one attached hydrogen (secondary N) is 1. The molecule has 0 bridgehead atoms. The number of amides is 2. The first-order chi connectivity index (χ1) is 10.3. The molecule has 0 radical (unpaired) electrons. The van der Waals surface area contributed by atoms with Crippen molar-refractivity contribution in [1.29, 1.82) is 0 Å². The van der Waals surface area contributed by atoms with Gasteiger partial charge in [0, 0.05) is 19.6 Å². The first kappa shape index (κ1) is 14.2. The topological polar surface area (TPSA) is 32.3 Å². The van der Waals surface area contributed by atoms with E-state index in [2.05, 4.69) is 29.6 Å². The number of likely N-dealkylation sites (tertiary alicyclic amines) is 1. The van der Waals surface area contributed by atoms with Crippen LogP contribution in [0.3, 0.4) is 0 Å². The van der Waals surface area contributed by atoms with Crippen molar-refractivity contribution >= 4 is 6.03 Å². The van der Waals surface area contributed by atoms with Gasteiger partial charge in [-0.15, -0.1) is 0 Å². The van der Waals surface area contributed by atoms with E-state index in [0.717, 1.165) is 45.3 Å². The van der Waals surface area contributed by atoms with Gasteiger partial charge in [0.15, 0.2) is 0 Å². The first-order valence-electron chi connectivity index (χ1n) is 8.09. The van der Waals surface area contributed by atoms with Gasteiger partial charge in [-0.05, 0) is 44.1 Å². The number of benzene rings is 1. The number of urea groups is 1. The molecule has 1 saturated heterocycles. The number of allylic oxidation sites excluding steroid dienone is 1. The highest BCUT2D eigenvalue weighted by atomic mass is 16.2. The van der Waals surface area contributed by atoms with Gasteiger partial charge in [0.25, 0.3) is 0 Å². The maximum absolute atomic E-state index is 12.1. The van der Waals surface area contributed by atoms with E-state index >= 15 is 0 Å². The molecule has 1 aromatic carbocycles. The van der Waals surface area contributed by atoms with Crippen LogP contribution in [0.5, 0.6) is 0 Å². The lowest BCUT2D eigenvalue weighted by Crippen LogP contribution is -2.43. The van der Waals surface area contributed by atoms with Crippen molar-refractivity contribution in [3.8, 4) is 0 Å². The molecule has 21 heavy (non-hydrogen) atoms. The molecule has 1 heterocycles. The van der Waals surface area contributed by atoms with E-state index < -0.39 is 0 Å². The molecular formula is C18H24N2O. The van der Waals surface area contributed by atoms with Crippen LogP contribution in [0.2, 0.25) is 0 Å². The third kappa shape index (κ3) is 4.10. The summed E-state index contributed by atoms with van der Waals surface area (Å²) in [6.45, 7) is 2.55. The number of piperidine rings is 1. The zero-order valence-electron chi connectivity index (χ0n) is 12.6. The monoisotopic (exact) mass is 284 g/mol. The predicted molar refractivity (Wildman–Crippen MR) is 85.2 cm³/mol. The van der Waals surface area contributed by atoms with Gasteiger partial charge in [0.2, 0.25) is 0 Å². The Morgan fingerprint density at radius 1 is 1.00 bits per heavy atom. The Labute approximate surface area is 127 Å². The lowest BCUT2D eigenvalue weighted by atomic mass is 10.0. The highest BCUT2D eigenvalue weighted by molar-refractivity contribution is 5.74. The van der Waals surface area contributed by atoms with E-state index in [1.165, 1.54) is 18.4 Å². The molecule has 1 aromatic rings. The van der Waals surface area contributed by atoms with Gasteiger partial charge in [-0.1, -0.05) is 41.5 Å². The fourth-order valence-electron chi connectivity index (χ4n) is 2.99. The molecule has 0 atom stereocenters. The minimum absolute atomic E-state index is 0.114. The molecule has 1 aliphatic heterocycles. The third-order valence-corrected chi connectivity index (χ3v) is 4.42. The number of carbonyl (C=O) groups is 1. The Balaban J connectivity index is 1.34. The van der Waals surface area contributed by atoms with E-state index in [4.69, 9.17) is 0 Å². The maximum atomic E-state index is 12.1. The molecule has 2 amide bonds. The second kappa shape index (κ2) is 6.79. The smallest absolute Gasteiger partial charge is 0.317 e. The van der Waals surface area contributed by atoms with E-state index in [1.54, 1.807) is 11.1 Å². The fourth-order valence-corrected chi connectivity index (χ4v) is 2.99. The van der Waals surface area contributed by atoms with Crippen molar-refractivity contribution < 1.29 is 4.79 Å². The molecule has 1 N–H and O–H groups in total. The standard InChI is InChI=1S/C18H24N2O/c21-18(19-12-4-7-15-5-2-1-3-6-15)20-13-10-17(11-14-20)16-8-9-16/h1-3,5-6H,4,7-14H2,(H,19,21). The third-order valence-electron chi connectivity index (χ3n) is 4.42. The van der Waals surface area contributed by atoms with Crippen molar-refractivity contribution in [3.05, 3.63) is 47.0 Å². The average molecular weight is 284 g/mol. The Morgan fingerprint density at radius 2 is 1.67 bits per heavy atom. The summed E-state index contributed by atoms with van der Waals surface area (Å²) in [7, 11) is 0. The van der Waals surface area contributed by atoms with Crippen LogP contribution in [0, 0.1) is 0 Å². The molecular weight excluding hydrogens is 260 g/mol. The second-order valence-electron chi connectivity index (χ2n) is 6.02. The van der Waals surface area contributed by atoms with Crippen LogP contribution in [0.1, 0.15) is 37.7 Å². The summed E-state index contributed by atoms with van der Waals surface area (Å²) < 4.78 is 0. The van der Waals surface area contributed by atoms with Crippen molar-refractivity contribution in [2.45, 2.75) is 38.5 Å². The fraction of sp³-hybridized carbons (Fsp3) is 0.500. The summed E-state index contributed by atoms with van der Waals surface area (Å²) in [6.07, 6.45) is 6.82. The largest absolute Gasteiger partial charge is 0.338 e. The first-order valence-corrected chi connectivity index (χ1v) is 8.09. The molecule has 1 aliphatic carbocycles. The molecule has 3 rings (SSSR count). The Morgan fingerprint density at radius 3 is 2.33 bits per heavy atom. The van der Waals surface area contributed by atoms with Gasteiger partial charge in [-0.25, -0.2) is 4.79 Å². The number of aryl methyl sites for hydroxylation is 1. The lowest BCUT2D eigenvalue weighted by molar-refractivity contribution is 0.193. The molecule has 0 unspecified atom stereocenters. The van der Waals surface area contributed by atoms with Crippen LogP contribution in [0.4, 0.5) is 4.79 Å². The zero-order chi connectivity index (χ0) is 14.5. The van der Waals surface area contributed by atoms with Crippen molar-refractivity contribution in [3.63, 3.8) is 0 Å². The predicted octanol–water partition coefficient (Wildman–Crippen LogP) is 3.52. The highest BCUT2D eigenvalue weighted by Gasteiger charge is 2.23. The van der Waals surface area contributed by atoms with Crippen LogP contribution in [-0.4, -0.2) is 30.6 Å². The van der Waals surface area contributed by atoms with Crippen LogP contribution in [0.25, 0.3) is 0 Å². The molecule has 3 nitrogen and oxygen atoms in total. The van der Waals surface area contributed by atoms with Gasteiger partial charge in [0.05, 0.1) is 0 Å². The van der Waals surface area contributed by atoms with Crippen LogP contribution >= 0.6 is 0 Å². The summed E-state index contributed by atoms with van der Waals surface area (Å²) in [5, 5.41) is 3.05. The summed E-state index contributed by atoms with van der Waals surface area (Å²) in [5.74, 6) is 0. The van der Waals surface area contributed by atoms with Gasteiger partial charge < -0.3 is 10.2 Å². The Kier molecular flexibility index (Phi) is 4.59. The molecule has 0 aromatic heterocycles. The van der Waals surface area contributed by atoms with E-state index in [-0.39, 0.29) is 6.03 Å². The molecule has 3 heteroatoms. The molecule has 0 spiro atoms. The van der Waals surface area contributed by atoms with Gasteiger partial charge in [-0.3, -0.25) is 0 Å². The van der Waals surface area contributed by atoms with E-state index in [9.17, 15) is 4.79 Å². The zero-order valence-corrected chi connectivity index (χ0v) is 12.6. The number of nitrogens with zero attached hydrogens (tertiary/aromatic N) is 1. The number of hydrogen-bond donors (Lipinski definition) is 1. The Bertz CT molecular complexity index is 505. The number of rotatable bonds is 4. The van der Waals surface area contributed by atoms with Gasteiger partial charge in [0.1, 0.15) is 0 Å². The van der Waals surface area contributed by atoms with Gasteiger partial charge >= 0.3 is 6.03 Å². The normalized spacial score (nSPS) is 17.8.